The van der Waals surface area contributed by atoms with Crippen molar-refractivity contribution in [3.8, 4) is 11.8 Å². The highest BCUT2D eigenvalue weighted by Gasteiger charge is 2.13. The lowest BCUT2D eigenvalue weighted by atomic mass is 10.2. The van der Waals surface area contributed by atoms with Gasteiger partial charge in [0.15, 0.2) is 5.69 Å². The number of hydrogen-bond donors (Lipinski definition) is 1. The molecule has 0 spiro atoms. The van der Waals surface area contributed by atoms with Gasteiger partial charge < -0.3 is 5.11 Å². The molecule has 1 N–H and O–H groups in total. The first kappa shape index (κ1) is 10.9. The predicted molar refractivity (Wildman–Crippen MR) is 60.0 cm³/mol. The summed E-state index contributed by atoms with van der Waals surface area (Å²) in [5.41, 5.74) is 1.68. The Labute approximate surface area is 97.5 Å². The minimum Gasteiger partial charge on any atom is -0.476 e. The minimum absolute atomic E-state index is 0.0322. The van der Waals surface area contributed by atoms with Crippen LogP contribution in [-0.2, 0) is 0 Å². The Hall–Kier alpha value is -2.61. The van der Waals surface area contributed by atoms with Gasteiger partial charge in [-0.1, -0.05) is 12.1 Å². The highest BCUT2D eigenvalue weighted by Crippen LogP contribution is 2.16. The van der Waals surface area contributed by atoms with E-state index >= 15 is 0 Å². The van der Waals surface area contributed by atoms with Crippen molar-refractivity contribution in [3.05, 3.63) is 47.3 Å². The van der Waals surface area contributed by atoms with Crippen LogP contribution in [0.15, 0.2) is 30.3 Å². The molecule has 5 heteroatoms. The molecule has 0 bridgehead atoms. The topological polar surface area (TPSA) is 78.9 Å². The molecule has 2 rings (SSSR count). The number of aromatic nitrogens is 2. The zero-order valence-corrected chi connectivity index (χ0v) is 9.08. The molecule has 0 amide bonds. The summed E-state index contributed by atoms with van der Waals surface area (Å²) in [5.74, 6) is -1.08. The molecule has 0 radical (unpaired) electrons. The van der Waals surface area contributed by atoms with Crippen molar-refractivity contribution in [1.82, 2.24) is 9.78 Å². The van der Waals surface area contributed by atoms with E-state index in [-0.39, 0.29) is 5.69 Å². The molecular weight excluding hydrogens is 218 g/mol. The van der Waals surface area contributed by atoms with E-state index in [0.717, 1.165) is 0 Å². The molecule has 0 aliphatic carbocycles. The Bertz CT molecular complexity index is 623. The predicted octanol–water partition coefficient (Wildman–Crippen LogP) is 1.75. The second kappa shape index (κ2) is 4.10. The molecule has 17 heavy (non-hydrogen) atoms. The van der Waals surface area contributed by atoms with Crippen LogP contribution >= 0.6 is 0 Å². The van der Waals surface area contributed by atoms with Gasteiger partial charge in [0, 0.05) is 5.69 Å². The third-order valence-corrected chi connectivity index (χ3v) is 2.36. The summed E-state index contributed by atoms with van der Waals surface area (Å²) in [6.07, 6.45) is 0. The van der Waals surface area contributed by atoms with Gasteiger partial charge in [-0.05, 0) is 25.1 Å². The fourth-order valence-corrected chi connectivity index (χ4v) is 1.58. The Morgan fingerprint density at radius 2 is 2.18 bits per heavy atom. The van der Waals surface area contributed by atoms with E-state index in [4.69, 9.17) is 10.4 Å². The van der Waals surface area contributed by atoms with E-state index in [9.17, 15) is 4.79 Å². The fourth-order valence-electron chi connectivity index (χ4n) is 1.58. The van der Waals surface area contributed by atoms with E-state index in [1.807, 2.05) is 0 Å². The standard InChI is InChI=1S/C12H9N3O2/c1-8-6-10(12(16)17)14-15(8)11-5-3-2-4-9(11)7-13/h2-6H,1H3,(H,16,17). The normalized spacial score (nSPS) is 9.88. The molecule has 0 saturated carbocycles. The molecule has 0 unspecified atom stereocenters. The third kappa shape index (κ3) is 1.88. The van der Waals surface area contributed by atoms with Crippen LogP contribution in [0.1, 0.15) is 21.7 Å². The number of carbonyl (C=O) groups is 1. The number of nitrogens with zero attached hydrogens (tertiary/aromatic N) is 3. The molecular formula is C12H9N3O2. The van der Waals surface area contributed by atoms with Crippen LogP contribution in [-0.4, -0.2) is 20.9 Å². The average Bonchev–Trinajstić information content (AvgIpc) is 2.71. The Morgan fingerprint density at radius 1 is 1.47 bits per heavy atom. The fraction of sp³-hybridized carbons (Fsp3) is 0.0833. The Balaban J connectivity index is 2.61. The van der Waals surface area contributed by atoms with Gasteiger partial charge in [-0.15, -0.1) is 0 Å². The van der Waals surface area contributed by atoms with E-state index in [1.54, 1.807) is 31.2 Å². The molecule has 0 aliphatic rings. The van der Waals surface area contributed by atoms with Gasteiger partial charge in [0.2, 0.25) is 0 Å². The van der Waals surface area contributed by atoms with E-state index in [1.165, 1.54) is 10.7 Å². The lowest BCUT2D eigenvalue weighted by Crippen LogP contribution is -2.03. The van der Waals surface area contributed by atoms with Gasteiger partial charge in [0.25, 0.3) is 0 Å². The molecule has 5 nitrogen and oxygen atoms in total. The van der Waals surface area contributed by atoms with Gasteiger partial charge in [-0.2, -0.15) is 10.4 Å². The first-order valence-corrected chi connectivity index (χ1v) is 4.93. The lowest BCUT2D eigenvalue weighted by molar-refractivity contribution is 0.0690. The number of benzene rings is 1. The monoisotopic (exact) mass is 227 g/mol. The Morgan fingerprint density at radius 3 is 2.76 bits per heavy atom. The number of para-hydroxylation sites is 1. The maximum Gasteiger partial charge on any atom is 0.356 e. The second-order valence-electron chi connectivity index (χ2n) is 3.52. The number of rotatable bonds is 2. The molecule has 0 saturated heterocycles. The van der Waals surface area contributed by atoms with Crippen LogP contribution < -0.4 is 0 Å². The SMILES string of the molecule is Cc1cc(C(=O)O)nn1-c1ccccc1C#N. The highest BCUT2D eigenvalue weighted by atomic mass is 16.4. The number of aryl methyl sites for hydroxylation is 1. The number of carboxylic acids is 1. The molecule has 1 heterocycles. The van der Waals surface area contributed by atoms with E-state index in [0.29, 0.717) is 16.9 Å². The average molecular weight is 227 g/mol. The van der Waals surface area contributed by atoms with Gasteiger partial charge in [0.1, 0.15) is 6.07 Å². The van der Waals surface area contributed by atoms with Crippen molar-refractivity contribution in [2.75, 3.05) is 0 Å². The minimum atomic E-state index is -1.08. The van der Waals surface area contributed by atoms with Crippen molar-refractivity contribution in [2.45, 2.75) is 6.92 Å². The van der Waals surface area contributed by atoms with Gasteiger partial charge >= 0.3 is 5.97 Å². The van der Waals surface area contributed by atoms with Crippen molar-refractivity contribution in [2.24, 2.45) is 0 Å². The number of nitriles is 1. The van der Waals surface area contributed by atoms with Crippen molar-refractivity contribution in [1.29, 1.82) is 5.26 Å². The van der Waals surface area contributed by atoms with Crippen molar-refractivity contribution < 1.29 is 9.90 Å². The first-order valence-electron chi connectivity index (χ1n) is 4.93. The molecule has 1 aromatic carbocycles. The number of carboxylic acid groups (broad SMARTS) is 1. The smallest absolute Gasteiger partial charge is 0.356 e. The molecule has 1 aromatic heterocycles. The molecule has 84 valence electrons. The summed E-state index contributed by atoms with van der Waals surface area (Å²) in [6, 6.07) is 10.4. The van der Waals surface area contributed by atoms with E-state index in [2.05, 4.69) is 11.2 Å². The highest BCUT2D eigenvalue weighted by molar-refractivity contribution is 5.85. The van der Waals surface area contributed by atoms with Crippen LogP contribution in [0, 0.1) is 18.3 Å². The van der Waals surface area contributed by atoms with Crippen LogP contribution in [0.4, 0.5) is 0 Å². The van der Waals surface area contributed by atoms with Crippen LogP contribution in [0.2, 0.25) is 0 Å². The first-order chi connectivity index (χ1) is 8.13. The zero-order valence-electron chi connectivity index (χ0n) is 9.08. The Kier molecular flexibility index (Phi) is 2.63. The van der Waals surface area contributed by atoms with Gasteiger partial charge in [0.05, 0.1) is 11.3 Å². The maximum atomic E-state index is 10.8. The summed E-state index contributed by atoms with van der Waals surface area (Å²) in [5, 5.41) is 21.8. The molecule has 2 aromatic rings. The summed E-state index contributed by atoms with van der Waals surface area (Å²) in [4.78, 5) is 10.8. The second-order valence-corrected chi connectivity index (χ2v) is 3.52. The summed E-state index contributed by atoms with van der Waals surface area (Å²) in [6.45, 7) is 1.74. The largest absolute Gasteiger partial charge is 0.476 e. The molecule has 0 fully saturated rings. The summed E-state index contributed by atoms with van der Waals surface area (Å²) >= 11 is 0. The summed E-state index contributed by atoms with van der Waals surface area (Å²) in [7, 11) is 0. The third-order valence-electron chi connectivity index (χ3n) is 2.36. The molecule has 0 atom stereocenters. The number of hydrogen-bond acceptors (Lipinski definition) is 3. The zero-order chi connectivity index (χ0) is 12.4. The van der Waals surface area contributed by atoms with Crippen molar-refractivity contribution >= 4 is 5.97 Å². The number of aromatic carboxylic acids is 1. The van der Waals surface area contributed by atoms with Crippen LogP contribution in [0.5, 0.6) is 0 Å². The summed E-state index contributed by atoms with van der Waals surface area (Å²) < 4.78 is 1.46. The van der Waals surface area contributed by atoms with Crippen LogP contribution in [0.25, 0.3) is 5.69 Å². The molecule has 0 aliphatic heterocycles. The van der Waals surface area contributed by atoms with E-state index < -0.39 is 5.97 Å². The van der Waals surface area contributed by atoms with Crippen molar-refractivity contribution in [3.63, 3.8) is 0 Å². The van der Waals surface area contributed by atoms with Gasteiger partial charge in [-0.25, -0.2) is 9.48 Å². The van der Waals surface area contributed by atoms with Gasteiger partial charge in [-0.3, -0.25) is 0 Å². The van der Waals surface area contributed by atoms with Crippen LogP contribution in [0.3, 0.4) is 0 Å². The lowest BCUT2D eigenvalue weighted by Gasteiger charge is -2.05. The quantitative estimate of drug-likeness (QED) is 0.847. The maximum absolute atomic E-state index is 10.8.